The second-order valence-corrected chi connectivity index (χ2v) is 8.59. The molecular weight excluding hydrogens is 460 g/mol. The summed E-state index contributed by atoms with van der Waals surface area (Å²) in [5.74, 6) is -0.413. The molecule has 9 nitrogen and oxygen atoms in total. The molecule has 10 heteroatoms. The fourth-order valence-electron chi connectivity index (χ4n) is 3.94. The van der Waals surface area contributed by atoms with Crippen LogP contribution < -0.4 is 14.4 Å². The van der Waals surface area contributed by atoms with E-state index < -0.39 is 29.1 Å². The maximum atomic E-state index is 13.3. The minimum Gasteiger partial charge on any atom is -0.454 e. The lowest BCUT2D eigenvalue weighted by molar-refractivity contribution is -0.385. The van der Waals surface area contributed by atoms with Gasteiger partial charge in [0.2, 0.25) is 6.79 Å². The summed E-state index contributed by atoms with van der Waals surface area (Å²) in [6.07, 6.45) is 0. The minimum absolute atomic E-state index is 0.100. The van der Waals surface area contributed by atoms with Gasteiger partial charge in [0, 0.05) is 16.7 Å². The second-order valence-electron chi connectivity index (χ2n) is 7.52. The molecule has 0 radical (unpaired) electrons. The fourth-order valence-corrected chi connectivity index (χ4v) is 5.11. The minimum atomic E-state index is -0.991. The molecular formula is C24H18N2O7S. The zero-order valence-electron chi connectivity index (χ0n) is 17.7. The smallest absolute Gasteiger partial charge is 0.345 e. The summed E-state index contributed by atoms with van der Waals surface area (Å²) in [4.78, 5) is 39.4. The van der Waals surface area contributed by atoms with Crippen molar-refractivity contribution < 1.29 is 28.7 Å². The van der Waals surface area contributed by atoms with Crippen LogP contribution in [0.4, 0.5) is 11.4 Å². The van der Waals surface area contributed by atoms with Gasteiger partial charge in [0.1, 0.15) is 5.56 Å². The Labute approximate surface area is 198 Å². The van der Waals surface area contributed by atoms with Gasteiger partial charge in [0.15, 0.2) is 18.1 Å². The van der Waals surface area contributed by atoms with Gasteiger partial charge in [-0.1, -0.05) is 42.5 Å². The van der Waals surface area contributed by atoms with Crippen LogP contribution >= 0.6 is 11.8 Å². The Hall–Kier alpha value is -4.05. The summed E-state index contributed by atoms with van der Waals surface area (Å²) in [5, 5.41) is 11.5. The van der Waals surface area contributed by atoms with Gasteiger partial charge in [-0.05, 0) is 17.7 Å². The number of nitro benzene ring substituents is 1. The van der Waals surface area contributed by atoms with E-state index in [9.17, 15) is 19.7 Å². The number of rotatable bonds is 5. The fraction of sp³-hybridized carbons (Fsp3) is 0.167. The second kappa shape index (κ2) is 9.06. The van der Waals surface area contributed by atoms with Crippen molar-refractivity contribution >= 4 is 35.0 Å². The standard InChI is InChI=1S/C24H18N2O7S/c27-23(12-31-24(28)16-10-20-21(33-14-32-20)11-18(16)26(29)30)25-17-8-4-5-9-22(17)34-13-19(25)15-6-2-1-3-7-15/h1-11,19H,12-14H2. The Morgan fingerprint density at radius 2 is 1.76 bits per heavy atom. The van der Waals surface area contributed by atoms with Crippen molar-refractivity contribution in [1.82, 2.24) is 0 Å². The SMILES string of the molecule is O=C(OCC(=O)N1c2ccccc2SCC1c1ccccc1)c1cc2c(cc1[N+](=O)[O-])OCO2. The van der Waals surface area contributed by atoms with E-state index in [4.69, 9.17) is 14.2 Å². The van der Waals surface area contributed by atoms with E-state index in [0.29, 0.717) is 5.75 Å². The van der Waals surface area contributed by atoms with Crippen LogP contribution in [0.2, 0.25) is 0 Å². The van der Waals surface area contributed by atoms with Crippen LogP contribution in [0, 0.1) is 10.1 Å². The van der Waals surface area contributed by atoms with Crippen LogP contribution in [0.3, 0.4) is 0 Å². The summed E-state index contributed by atoms with van der Waals surface area (Å²) in [6.45, 7) is -0.677. The number of carbonyl (C=O) groups is 2. The van der Waals surface area contributed by atoms with E-state index in [0.717, 1.165) is 22.2 Å². The van der Waals surface area contributed by atoms with Crippen molar-refractivity contribution in [3.63, 3.8) is 0 Å². The Balaban J connectivity index is 1.40. The zero-order valence-corrected chi connectivity index (χ0v) is 18.5. The highest BCUT2D eigenvalue weighted by Gasteiger charge is 2.34. The van der Waals surface area contributed by atoms with Crippen molar-refractivity contribution in [2.24, 2.45) is 0 Å². The highest BCUT2D eigenvalue weighted by Crippen LogP contribution is 2.43. The molecule has 0 saturated heterocycles. The molecule has 34 heavy (non-hydrogen) atoms. The maximum absolute atomic E-state index is 13.3. The van der Waals surface area contributed by atoms with Crippen molar-refractivity contribution in [3.05, 3.63) is 88.0 Å². The third kappa shape index (κ3) is 4.03. The molecule has 5 rings (SSSR count). The van der Waals surface area contributed by atoms with Crippen LogP contribution in [0.15, 0.2) is 71.6 Å². The largest absolute Gasteiger partial charge is 0.454 e. The zero-order chi connectivity index (χ0) is 23.7. The number of nitrogens with zero attached hydrogens (tertiary/aromatic N) is 2. The molecule has 0 fully saturated rings. The van der Waals surface area contributed by atoms with Gasteiger partial charge in [-0.3, -0.25) is 19.8 Å². The average molecular weight is 478 g/mol. The van der Waals surface area contributed by atoms with Gasteiger partial charge in [0.25, 0.3) is 11.6 Å². The molecule has 2 aliphatic rings. The number of amides is 1. The van der Waals surface area contributed by atoms with Crippen LogP contribution in [-0.2, 0) is 9.53 Å². The summed E-state index contributed by atoms with van der Waals surface area (Å²) in [7, 11) is 0. The molecule has 1 atom stereocenters. The lowest BCUT2D eigenvalue weighted by atomic mass is 10.1. The van der Waals surface area contributed by atoms with E-state index in [2.05, 4.69) is 0 Å². The third-order valence-corrected chi connectivity index (χ3v) is 6.66. The number of para-hydroxylation sites is 1. The first-order chi connectivity index (χ1) is 16.5. The molecule has 3 aromatic rings. The summed E-state index contributed by atoms with van der Waals surface area (Å²) >= 11 is 1.65. The number of nitro groups is 1. The van der Waals surface area contributed by atoms with E-state index >= 15 is 0 Å². The molecule has 172 valence electrons. The molecule has 3 aromatic carbocycles. The van der Waals surface area contributed by atoms with Gasteiger partial charge >= 0.3 is 5.97 Å². The van der Waals surface area contributed by atoms with Crippen molar-refractivity contribution in [2.75, 3.05) is 24.1 Å². The predicted molar refractivity (Wildman–Crippen MR) is 123 cm³/mol. The number of ether oxygens (including phenoxy) is 3. The summed E-state index contributed by atoms with van der Waals surface area (Å²) < 4.78 is 15.6. The number of thioether (sulfide) groups is 1. The molecule has 2 heterocycles. The van der Waals surface area contributed by atoms with Crippen LogP contribution in [0.1, 0.15) is 22.0 Å². The summed E-state index contributed by atoms with van der Waals surface area (Å²) in [5.41, 5.74) is 0.887. The average Bonchev–Trinajstić information content (AvgIpc) is 3.34. The van der Waals surface area contributed by atoms with Gasteiger partial charge in [-0.15, -0.1) is 11.8 Å². The van der Waals surface area contributed by atoms with E-state index in [1.54, 1.807) is 16.7 Å². The lowest BCUT2D eigenvalue weighted by Gasteiger charge is -2.37. The van der Waals surface area contributed by atoms with Gasteiger partial charge in [-0.2, -0.15) is 0 Å². The summed E-state index contributed by atoms with van der Waals surface area (Å²) in [6, 6.07) is 19.2. The van der Waals surface area contributed by atoms with Crippen molar-refractivity contribution in [3.8, 4) is 11.5 Å². The molecule has 0 bridgehead atoms. The van der Waals surface area contributed by atoms with E-state index in [-0.39, 0.29) is 29.9 Å². The third-order valence-electron chi connectivity index (χ3n) is 5.52. The predicted octanol–water partition coefficient (Wildman–Crippen LogP) is 4.36. The quantitative estimate of drug-likeness (QED) is 0.302. The molecule has 0 N–H and O–H groups in total. The number of hydrogen-bond donors (Lipinski definition) is 0. The molecule has 1 unspecified atom stereocenters. The molecule has 0 aromatic heterocycles. The van der Waals surface area contributed by atoms with Crippen molar-refractivity contribution in [1.29, 1.82) is 0 Å². The first-order valence-electron chi connectivity index (χ1n) is 10.4. The number of hydrogen-bond acceptors (Lipinski definition) is 8. The maximum Gasteiger partial charge on any atom is 0.345 e. The highest BCUT2D eigenvalue weighted by molar-refractivity contribution is 7.99. The van der Waals surface area contributed by atoms with E-state index in [1.165, 1.54) is 6.07 Å². The normalized spacial score (nSPS) is 16.0. The molecule has 0 spiro atoms. The van der Waals surface area contributed by atoms with E-state index in [1.807, 2.05) is 54.6 Å². The monoisotopic (exact) mass is 478 g/mol. The number of benzene rings is 3. The lowest BCUT2D eigenvalue weighted by Crippen LogP contribution is -2.41. The van der Waals surface area contributed by atoms with Gasteiger partial charge in [-0.25, -0.2) is 4.79 Å². The Morgan fingerprint density at radius 1 is 1.06 bits per heavy atom. The van der Waals surface area contributed by atoms with Crippen molar-refractivity contribution in [2.45, 2.75) is 10.9 Å². The number of anilines is 1. The Morgan fingerprint density at radius 3 is 2.53 bits per heavy atom. The highest BCUT2D eigenvalue weighted by atomic mass is 32.2. The number of fused-ring (bicyclic) bond motifs is 2. The van der Waals surface area contributed by atoms with Gasteiger partial charge < -0.3 is 14.2 Å². The number of esters is 1. The Kier molecular flexibility index (Phi) is 5.81. The molecule has 0 aliphatic carbocycles. The number of carbonyl (C=O) groups excluding carboxylic acids is 2. The van der Waals surface area contributed by atoms with Gasteiger partial charge in [0.05, 0.1) is 22.7 Å². The first kappa shape index (κ1) is 21.8. The Bertz CT molecular complexity index is 1280. The molecule has 0 saturated carbocycles. The first-order valence-corrected chi connectivity index (χ1v) is 11.4. The molecule has 2 aliphatic heterocycles. The van der Waals surface area contributed by atoms with Crippen LogP contribution in [0.5, 0.6) is 11.5 Å². The molecule has 1 amide bonds. The topological polar surface area (TPSA) is 108 Å². The van der Waals surface area contributed by atoms with Crippen LogP contribution in [-0.4, -0.2) is 36.0 Å². The van der Waals surface area contributed by atoms with Crippen LogP contribution in [0.25, 0.3) is 0 Å².